The summed E-state index contributed by atoms with van der Waals surface area (Å²) in [7, 11) is 0. The van der Waals surface area contributed by atoms with E-state index in [1.54, 1.807) is 0 Å². The third kappa shape index (κ3) is 4.61. The monoisotopic (exact) mass is 539 g/mol. The van der Waals surface area contributed by atoms with Crippen LogP contribution in [0.25, 0.3) is 22.0 Å². The van der Waals surface area contributed by atoms with Crippen LogP contribution in [0.5, 0.6) is 0 Å². The second-order valence-electron chi connectivity index (χ2n) is 11.2. The van der Waals surface area contributed by atoms with Gasteiger partial charge in [0.2, 0.25) is 5.91 Å². The Bertz CT molecular complexity index is 1350. The van der Waals surface area contributed by atoms with Crippen LogP contribution in [0.2, 0.25) is 5.02 Å². The van der Waals surface area contributed by atoms with Gasteiger partial charge in [-0.1, -0.05) is 18.2 Å². The zero-order chi connectivity index (χ0) is 27.2. The number of aromatic nitrogens is 4. The van der Waals surface area contributed by atoms with Crippen molar-refractivity contribution in [1.29, 1.82) is 0 Å². The summed E-state index contributed by atoms with van der Waals surface area (Å²) in [5.74, 6) is 0.911. The van der Waals surface area contributed by atoms with Crippen LogP contribution < -0.4 is 4.90 Å². The number of amides is 1. The van der Waals surface area contributed by atoms with E-state index in [1.807, 2.05) is 24.1 Å². The van der Waals surface area contributed by atoms with Crippen molar-refractivity contribution < 1.29 is 9.90 Å². The molecule has 4 heterocycles. The maximum atomic E-state index is 12.2. The number of nitrogens with one attached hydrogen (secondary N) is 1. The van der Waals surface area contributed by atoms with Crippen LogP contribution in [0, 0.1) is 13.8 Å². The maximum Gasteiger partial charge on any atom is 0.245 e. The molecule has 3 aromatic rings. The van der Waals surface area contributed by atoms with Crippen LogP contribution >= 0.6 is 11.6 Å². The molecule has 0 atom stereocenters. The fourth-order valence-electron chi connectivity index (χ4n) is 6.23. The van der Waals surface area contributed by atoms with E-state index >= 15 is 0 Å². The van der Waals surface area contributed by atoms with Crippen molar-refractivity contribution in [2.45, 2.75) is 52.1 Å². The van der Waals surface area contributed by atoms with Crippen molar-refractivity contribution in [2.24, 2.45) is 0 Å². The zero-order valence-electron chi connectivity index (χ0n) is 22.8. The minimum absolute atomic E-state index is 0.0154. The van der Waals surface area contributed by atoms with Crippen LogP contribution in [-0.2, 0) is 4.79 Å². The first-order valence-corrected chi connectivity index (χ1v) is 13.8. The second kappa shape index (κ2) is 10.4. The average molecular weight is 540 g/mol. The number of hydrogen-bond acceptors (Lipinski definition) is 6. The van der Waals surface area contributed by atoms with E-state index in [9.17, 15) is 9.90 Å². The van der Waals surface area contributed by atoms with Gasteiger partial charge in [0.15, 0.2) is 5.82 Å². The molecule has 9 nitrogen and oxygen atoms in total. The Hall–Kier alpha value is -2.88. The lowest BCUT2D eigenvalue weighted by molar-refractivity contribution is -0.127. The number of anilines is 1. The molecule has 10 heteroatoms. The Morgan fingerprint density at radius 2 is 1.97 bits per heavy atom. The number of aliphatic hydroxyl groups excluding tert-OH is 1. The summed E-state index contributed by atoms with van der Waals surface area (Å²) in [6.07, 6.45) is 4.90. The number of aromatic amines is 1. The molecule has 204 valence electrons. The zero-order valence-corrected chi connectivity index (χ0v) is 23.6. The van der Waals surface area contributed by atoms with Crippen LogP contribution in [0.4, 0.5) is 5.82 Å². The molecule has 0 saturated carbocycles. The van der Waals surface area contributed by atoms with Crippen molar-refractivity contribution in [3.8, 4) is 11.1 Å². The van der Waals surface area contributed by atoms with Gasteiger partial charge in [-0.3, -0.25) is 19.5 Å². The lowest BCUT2D eigenvalue weighted by atomic mass is 9.94. The van der Waals surface area contributed by atoms with Gasteiger partial charge in [0.05, 0.1) is 29.4 Å². The van der Waals surface area contributed by atoms with Crippen LogP contribution in [-0.4, -0.2) is 92.2 Å². The third-order valence-corrected chi connectivity index (χ3v) is 8.68. The van der Waals surface area contributed by atoms with Gasteiger partial charge in [-0.15, -0.1) is 0 Å². The molecular formula is C28H38ClN7O2. The van der Waals surface area contributed by atoms with Crippen molar-refractivity contribution in [2.75, 3.05) is 50.8 Å². The van der Waals surface area contributed by atoms with Crippen molar-refractivity contribution >= 4 is 34.2 Å². The molecule has 2 aliphatic heterocycles. The third-order valence-electron chi connectivity index (χ3n) is 8.20. The van der Waals surface area contributed by atoms with Gasteiger partial charge in [-0.05, 0) is 58.2 Å². The Morgan fingerprint density at radius 3 is 2.63 bits per heavy atom. The first kappa shape index (κ1) is 26.7. The number of aryl methyl sites for hydroxylation is 1. The standard InChI is InChI=1S/C28H38ClN7O2/c1-6-23(38)34-9-7-20(8-10-34)36-19(3)24(25-21-16-30-31-22(21)15-18(2)26(25)29)27(32-36)35-12-11-33(13-14-37)17-28(35,4)5/h6,15-16,20,37H,1,7-14,17H2,2-5H3,(H,30,31). The molecule has 1 amide bonds. The fraction of sp³-hybridized carbons (Fsp3) is 0.536. The van der Waals surface area contributed by atoms with Crippen LogP contribution in [0.1, 0.15) is 44.0 Å². The van der Waals surface area contributed by atoms with Gasteiger partial charge >= 0.3 is 0 Å². The molecule has 2 N–H and O–H groups in total. The SMILES string of the molecule is C=CC(=O)N1CCC(n2nc(N3CCN(CCO)CC3(C)C)c(-c3c(Cl)c(C)cc4[nH]ncc34)c2C)CC1. The number of halogens is 1. The summed E-state index contributed by atoms with van der Waals surface area (Å²) < 4.78 is 2.17. The van der Waals surface area contributed by atoms with E-state index in [1.165, 1.54) is 6.08 Å². The number of carbonyl (C=O) groups is 1. The number of piperidine rings is 1. The number of rotatable bonds is 6. The summed E-state index contributed by atoms with van der Waals surface area (Å²) in [5.41, 5.74) is 4.79. The molecule has 0 radical (unpaired) electrons. The largest absolute Gasteiger partial charge is 0.395 e. The number of piperazine rings is 1. The molecule has 2 aliphatic rings. The van der Waals surface area contributed by atoms with E-state index in [-0.39, 0.29) is 24.1 Å². The minimum atomic E-state index is -0.209. The number of β-amino-alcohol motifs (C(OH)–C–C–N with tert-alkyl or cyclic N) is 1. The Labute approximate surface area is 229 Å². The number of nitrogens with zero attached hydrogens (tertiary/aromatic N) is 6. The highest BCUT2D eigenvalue weighted by Crippen LogP contribution is 2.46. The van der Waals surface area contributed by atoms with Gasteiger partial charge in [-0.25, -0.2) is 0 Å². The molecule has 0 bridgehead atoms. The van der Waals surface area contributed by atoms with Crippen molar-refractivity contribution in [3.63, 3.8) is 0 Å². The lowest BCUT2D eigenvalue weighted by Gasteiger charge is -2.47. The molecule has 2 saturated heterocycles. The fourth-order valence-corrected chi connectivity index (χ4v) is 6.48. The number of hydrogen-bond donors (Lipinski definition) is 2. The van der Waals surface area contributed by atoms with Gasteiger partial charge in [0.25, 0.3) is 0 Å². The molecule has 2 fully saturated rings. The normalized spacial score (nSPS) is 18.9. The predicted molar refractivity (Wildman–Crippen MR) is 152 cm³/mol. The summed E-state index contributed by atoms with van der Waals surface area (Å²) in [6, 6.07) is 2.22. The first-order valence-electron chi connectivity index (χ1n) is 13.4. The van der Waals surface area contributed by atoms with E-state index in [4.69, 9.17) is 16.7 Å². The number of fused-ring (bicyclic) bond motifs is 1. The number of H-pyrrole nitrogens is 1. The highest BCUT2D eigenvalue weighted by Gasteiger charge is 2.38. The predicted octanol–water partition coefficient (Wildman–Crippen LogP) is 3.94. The molecule has 0 aliphatic carbocycles. The Morgan fingerprint density at radius 1 is 1.24 bits per heavy atom. The quantitative estimate of drug-likeness (QED) is 0.461. The lowest BCUT2D eigenvalue weighted by Crippen LogP contribution is -2.60. The van der Waals surface area contributed by atoms with E-state index < -0.39 is 0 Å². The maximum absolute atomic E-state index is 12.2. The van der Waals surface area contributed by atoms with Gasteiger partial charge < -0.3 is 14.9 Å². The van der Waals surface area contributed by atoms with Crippen molar-refractivity contribution in [1.82, 2.24) is 29.8 Å². The number of aliphatic hydroxyl groups is 1. The minimum Gasteiger partial charge on any atom is -0.395 e. The summed E-state index contributed by atoms with van der Waals surface area (Å²) >= 11 is 7.06. The highest BCUT2D eigenvalue weighted by molar-refractivity contribution is 6.36. The summed E-state index contributed by atoms with van der Waals surface area (Å²) in [5, 5.41) is 24.0. The summed E-state index contributed by atoms with van der Waals surface area (Å²) in [6.45, 7) is 16.9. The smallest absolute Gasteiger partial charge is 0.245 e. The topological polar surface area (TPSA) is 93.5 Å². The average Bonchev–Trinajstić information content (AvgIpc) is 3.48. The molecule has 1 aromatic carbocycles. The summed E-state index contributed by atoms with van der Waals surface area (Å²) in [4.78, 5) is 18.7. The van der Waals surface area contributed by atoms with Crippen LogP contribution in [0.15, 0.2) is 24.9 Å². The molecule has 2 aromatic heterocycles. The second-order valence-corrected chi connectivity index (χ2v) is 11.5. The molecule has 0 spiro atoms. The first-order chi connectivity index (χ1) is 18.2. The Kier molecular flexibility index (Phi) is 7.28. The van der Waals surface area contributed by atoms with E-state index in [2.05, 4.69) is 52.0 Å². The molecule has 0 unspecified atom stereocenters. The number of benzene rings is 1. The van der Waals surface area contributed by atoms with Gasteiger partial charge in [0.1, 0.15) is 0 Å². The van der Waals surface area contributed by atoms with Crippen molar-refractivity contribution in [3.05, 3.63) is 41.2 Å². The number of carbonyl (C=O) groups excluding carboxylic acids is 1. The van der Waals surface area contributed by atoms with Crippen LogP contribution in [0.3, 0.4) is 0 Å². The van der Waals surface area contributed by atoms with Gasteiger partial charge in [0, 0.05) is 67.0 Å². The van der Waals surface area contributed by atoms with E-state index in [0.717, 1.165) is 71.6 Å². The van der Waals surface area contributed by atoms with E-state index in [0.29, 0.717) is 24.7 Å². The Balaban J connectivity index is 1.63. The molecule has 5 rings (SSSR count). The highest BCUT2D eigenvalue weighted by atomic mass is 35.5. The molecular weight excluding hydrogens is 502 g/mol. The number of likely N-dealkylation sites (tertiary alicyclic amines) is 1. The van der Waals surface area contributed by atoms with Gasteiger partial charge in [-0.2, -0.15) is 10.2 Å². The molecule has 38 heavy (non-hydrogen) atoms.